The number of nitro benzene ring substituents is 1. The van der Waals surface area contributed by atoms with Gasteiger partial charge in [-0.1, -0.05) is 11.6 Å². The molecule has 30 heavy (non-hydrogen) atoms. The Kier molecular flexibility index (Phi) is 7.48. The van der Waals surface area contributed by atoms with Gasteiger partial charge in [0.15, 0.2) is 0 Å². The number of nitro groups is 1. The van der Waals surface area contributed by atoms with Gasteiger partial charge in [-0.15, -0.1) is 0 Å². The Labute approximate surface area is 178 Å². The van der Waals surface area contributed by atoms with Gasteiger partial charge in [0, 0.05) is 29.8 Å². The lowest BCUT2D eigenvalue weighted by Gasteiger charge is -2.17. The molecule has 2 rings (SSSR count). The van der Waals surface area contributed by atoms with Crippen molar-refractivity contribution in [3.8, 4) is 5.75 Å². The molecule has 0 spiro atoms. The summed E-state index contributed by atoms with van der Waals surface area (Å²) in [7, 11) is -1.17. The lowest BCUT2D eigenvalue weighted by Crippen LogP contribution is -2.36. The fourth-order valence-electron chi connectivity index (χ4n) is 2.43. The molecule has 0 heterocycles. The molecule has 0 atom stereocenters. The molecule has 0 aliphatic rings. The highest BCUT2D eigenvalue weighted by molar-refractivity contribution is 7.89. The van der Waals surface area contributed by atoms with E-state index >= 15 is 0 Å². The first-order valence-electron chi connectivity index (χ1n) is 8.43. The Morgan fingerprint density at radius 3 is 2.63 bits per heavy atom. The SMILES string of the molecule is COc1ccc(S(=O)(=O)N(C)CC(=O)NN=Cc2cc([N+](=O)[O-])ccc2Cl)cc1C. The number of nitrogens with zero attached hydrogens (tertiary/aromatic N) is 3. The van der Waals surface area contributed by atoms with E-state index in [0.29, 0.717) is 11.3 Å². The summed E-state index contributed by atoms with van der Waals surface area (Å²) in [5.74, 6) is -0.160. The van der Waals surface area contributed by atoms with Crippen LogP contribution in [0, 0.1) is 17.0 Å². The number of ether oxygens (including phenoxy) is 1. The zero-order valence-corrected chi connectivity index (χ0v) is 17.9. The van der Waals surface area contributed by atoms with Gasteiger partial charge in [-0.05, 0) is 36.8 Å². The van der Waals surface area contributed by atoms with E-state index in [1.807, 2.05) is 0 Å². The van der Waals surface area contributed by atoms with Crippen LogP contribution in [0.25, 0.3) is 0 Å². The highest BCUT2D eigenvalue weighted by atomic mass is 35.5. The van der Waals surface area contributed by atoms with Gasteiger partial charge >= 0.3 is 0 Å². The number of likely N-dealkylation sites (N-methyl/N-ethyl adjacent to an activating group) is 1. The van der Waals surface area contributed by atoms with Crippen molar-refractivity contribution < 1.29 is 22.9 Å². The number of non-ortho nitro benzene ring substituents is 1. The fourth-order valence-corrected chi connectivity index (χ4v) is 3.81. The molecule has 12 heteroatoms. The van der Waals surface area contributed by atoms with E-state index in [0.717, 1.165) is 10.5 Å². The second-order valence-corrected chi connectivity index (χ2v) is 8.60. The highest BCUT2D eigenvalue weighted by Crippen LogP contribution is 2.23. The summed E-state index contributed by atoms with van der Waals surface area (Å²) < 4.78 is 31.3. The minimum absolute atomic E-state index is 0.0166. The Morgan fingerprint density at radius 1 is 1.33 bits per heavy atom. The fraction of sp³-hybridized carbons (Fsp3) is 0.222. The van der Waals surface area contributed by atoms with Crippen LogP contribution in [0.2, 0.25) is 5.02 Å². The number of hydrogen-bond acceptors (Lipinski definition) is 7. The van der Waals surface area contributed by atoms with E-state index in [2.05, 4.69) is 10.5 Å². The number of carbonyl (C=O) groups excluding carboxylic acids is 1. The van der Waals surface area contributed by atoms with Gasteiger partial charge in [0.1, 0.15) is 5.75 Å². The molecule has 2 aromatic carbocycles. The van der Waals surface area contributed by atoms with E-state index in [-0.39, 0.29) is 21.2 Å². The number of benzene rings is 2. The van der Waals surface area contributed by atoms with Crippen LogP contribution in [0.3, 0.4) is 0 Å². The Bertz CT molecular complexity index is 1100. The molecule has 0 aliphatic carbocycles. The number of halogens is 1. The van der Waals surface area contributed by atoms with Crippen LogP contribution in [-0.4, -0.2) is 50.5 Å². The van der Waals surface area contributed by atoms with Crippen LogP contribution in [0.4, 0.5) is 5.69 Å². The molecule has 0 radical (unpaired) electrons. The van der Waals surface area contributed by atoms with Crippen molar-refractivity contribution in [3.63, 3.8) is 0 Å². The molecule has 0 aliphatic heterocycles. The summed E-state index contributed by atoms with van der Waals surface area (Å²) in [4.78, 5) is 22.3. The van der Waals surface area contributed by atoms with Crippen LogP contribution in [0.1, 0.15) is 11.1 Å². The molecule has 1 N–H and O–H groups in total. The summed E-state index contributed by atoms with van der Waals surface area (Å²) in [6.45, 7) is 1.21. The summed E-state index contributed by atoms with van der Waals surface area (Å²) in [6.07, 6.45) is 1.13. The first-order valence-corrected chi connectivity index (χ1v) is 10.2. The maximum absolute atomic E-state index is 12.6. The van der Waals surface area contributed by atoms with Gasteiger partial charge in [-0.2, -0.15) is 9.41 Å². The van der Waals surface area contributed by atoms with Crippen molar-refractivity contribution in [2.75, 3.05) is 20.7 Å². The monoisotopic (exact) mass is 454 g/mol. The van der Waals surface area contributed by atoms with Crippen LogP contribution in [-0.2, 0) is 14.8 Å². The number of sulfonamides is 1. The second kappa shape index (κ2) is 9.65. The van der Waals surface area contributed by atoms with Crippen molar-refractivity contribution in [1.82, 2.24) is 9.73 Å². The highest BCUT2D eigenvalue weighted by Gasteiger charge is 2.23. The van der Waals surface area contributed by atoms with Gasteiger partial charge in [-0.3, -0.25) is 14.9 Å². The van der Waals surface area contributed by atoms with E-state index < -0.39 is 27.4 Å². The first kappa shape index (κ1) is 23.3. The van der Waals surface area contributed by atoms with Gasteiger partial charge in [-0.25, -0.2) is 13.8 Å². The van der Waals surface area contributed by atoms with Crippen molar-refractivity contribution >= 4 is 39.4 Å². The van der Waals surface area contributed by atoms with Crippen LogP contribution < -0.4 is 10.2 Å². The zero-order chi connectivity index (χ0) is 22.5. The molecule has 0 saturated carbocycles. The molecular formula is C18H19ClN4O6S. The number of hydrazone groups is 1. The average Bonchev–Trinajstić information content (AvgIpc) is 2.68. The lowest BCUT2D eigenvalue weighted by atomic mass is 10.2. The first-order chi connectivity index (χ1) is 14.1. The third-order valence-electron chi connectivity index (χ3n) is 4.02. The minimum atomic E-state index is -3.91. The normalized spacial score (nSPS) is 11.6. The maximum atomic E-state index is 12.6. The quantitative estimate of drug-likeness (QED) is 0.370. The van der Waals surface area contributed by atoms with Gasteiger partial charge in [0.2, 0.25) is 10.0 Å². The summed E-state index contributed by atoms with van der Waals surface area (Å²) >= 11 is 5.94. The third-order valence-corrected chi connectivity index (χ3v) is 6.17. The van der Waals surface area contributed by atoms with Crippen LogP contribution in [0.15, 0.2) is 46.4 Å². The summed E-state index contributed by atoms with van der Waals surface area (Å²) in [5, 5.41) is 14.7. The van der Waals surface area contributed by atoms with Gasteiger partial charge < -0.3 is 4.74 Å². The molecule has 0 aromatic heterocycles. The molecule has 10 nitrogen and oxygen atoms in total. The van der Waals surface area contributed by atoms with Crippen LogP contribution >= 0.6 is 11.6 Å². The Morgan fingerprint density at radius 2 is 2.03 bits per heavy atom. The molecule has 0 saturated heterocycles. The Hall–Kier alpha value is -3.02. The Balaban J connectivity index is 2.05. The van der Waals surface area contributed by atoms with Crippen molar-refractivity contribution in [2.24, 2.45) is 5.10 Å². The van der Waals surface area contributed by atoms with Crippen molar-refractivity contribution in [2.45, 2.75) is 11.8 Å². The van der Waals surface area contributed by atoms with E-state index in [4.69, 9.17) is 16.3 Å². The number of methoxy groups -OCH3 is 1. The number of rotatable bonds is 8. The molecule has 160 valence electrons. The maximum Gasteiger partial charge on any atom is 0.270 e. The smallest absolute Gasteiger partial charge is 0.270 e. The predicted molar refractivity (Wildman–Crippen MR) is 111 cm³/mol. The second-order valence-electron chi connectivity index (χ2n) is 6.15. The molecular weight excluding hydrogens is 436 g/mol. The number of nitrogens with one attached hydrogen (secondary N) is 1. The molecule has 0 bridgehead atoms. The number of hydrogen-bond donors (Lipinski definition) is 1. The summed E-state index contributed by atoms with van der Waals surface area (Å²) in [5.41, 5.74) is 2.84. The number of aryl methyl sites for hydroxylation is 1. The lowest BCUT2D eigenvalue weighted by molar-refractivity contribution is -0.384. The molecule has 0 unspecified atom stereocenters. The van der Waals surface area contributed by atoms with Gasteiger partial charge in [0.25, 0.3) is 11.6 Å². The van der Waals surface area contributed by atoms with E-state index in [1.54, 1.807) is 6.92 Å². The topological polar surface area (TPSA) is 131 Å². The van der Waals surface area contributed by atoms with Crippen molar-refractivity contribution in [3.05, 3.63) is 62.7 Å². The third kappa shape index (κ3) is 5.53. The summed E-state index contributed by atoms with van der Waals surface area (Å²) in [6, 6.07) is 8.13. The van der Waals surface area contributed by atoms with E-state index in [9.17, 15) is 23.3 Å². The zero-order valence-electron chi connectivity index (χ0n) is 16.3. The number of carbonyl (C=O) groups is 1. The molecule has 2 aromatic rings. The molecule has 0 fully saturated rings. The standard InChI is InChI=1S/C18H19ClN4O6S/c1-12-8-15(5-7-17(12)29-3)30(27,28)22(2)11-18(24)21-20-10-13-9-14(23(25)26)4-6-16(13)19/h4-10H,11H2,1-3H3,(H,21,24). The van der Waals surface area contributed by atoms with Crippen molar-refractivity contribution in [1.29, 1.82) is 0 Å². The van der Waals surface area contributed by atoms with E-state index in [1.165, 1.54) is 50.6 Å². The van der Waals surface area contributed by atoms with Gasteiger partial charge in [0.05, 0.1) is 29.7 Å². The van der Waals surface area contributed by atoms with Crippen LogP contribution in [0.5, 0.6) is 5.75 Å². The average molecular weight is 455 g/mol. The molecule has 1 amide bonds. The largest absolute Gasteiger partial charge is 0.496 e. The number of amides is 1. The predicted octanol–water partition coefficient (Wildman–Crippen LogP) is 2.34. The minimum Gasteiger partial charge on any atom is -0.496 e.